The highest BCUT2D eigenvalue weighted by molar-refractivity contribution is 5.58. The number of aryl methyl sites for hydroxylation is 2. The van der Waals surface area contributed by atoms with Crippen LogP contribution in [0.2, 0.25) is 0 Å². The lowest BCUT2D eigenvalue weighted by Crippen LogP contribution is -2.20. The Morgan fingerprint density at radius 1 is 1.27 bits per heavy atom. The van der Waals surface area contributed by atoms with Crippen LogP contribution in [-0.4, -0.2) is 18.6 Å². The normalized spacial score (nSPS) is 10.1. The summed E-state index contributed by atoms with van der Waals surface area (Å²) in [5.41, 5.74) is 3.57. The maximum Gasteiger partial charge on any atom is 0.147 e. The molecule has 0 spiro atoms. The van der Waals surface area contributed by atoms with Gasteiger partial charge in [-0.05, 0) is 38.5 Å². The molecule has 0 unspecified atom stereocenters. The monoisotopic (exact) mass is 295 g/mol. The third kappa shape index (κ3) is 3.37. The van der Waals surface area contributed by atoms with Crippen LogP contribution in [0.4, 0.5) is 5.82 Å². The molecule has 0 N–H and O–H groups in total. The summed E-state index contributed by atoms with van der Waals surface area (Å²) in [6, 6.07) is 12.2. The second-order valence-corrected chi connectivity index (χ2v) is 5.29. The highest BCUT2D eigenvalue weighted by Gasteiger charge is 2.14. The third-order valence-electron chi connectivity index (χ3n) is 3.48. The van der Waals surface area contributed by atoms with E-state index in [-0.39, 0.29) is 0 Å². The molecule has 2 rings (SSSR count). The number of anilines is 1. The highest BCUT2D eigenvalue weighted by atomic mass is 16.5. The number of nitrogens with zero attached hydrogens (tertiary/aromatic N) is 3. The fraction of sp³-hybridized carbons (Fsp3) is 0.333. The number of nitriles is 1. The molecule has 0 aliphatic carbocycles. The van der Waals surface area contributed by atoms with E-state index in [4.69, 9.17) is 4.74 Å². The molecular formula is C18H21N3O. The van der Waals surface area contributed by atoms with Gasteiger partial charge in [-0.2, -0.15) is 5.26 Å². The average molecular weight is 295 g/mol. The standard InChI is InChI=1S/C18H21N3O/c1-5-22-17-9-7-6-8-15(17)12-21(4)18-16(11-19)13(2)10-14(3)20-18/h6-10H,5,12H2,1-4H3. The van der Waals surface area contributed by atoms with Gasteiger partial charge >= 0.3 is 0 Å². The summed E-state index contributed by atoms with van der Waals surface area (Å²) < 4.78 is 5.67. The molecule has 1 aromatic carbocycles. The van der Waals surface area contributed by atoms with Crippen LogP contribution in [0.25, 0.3) is 0 Å². The van der Waals surface area contributed by atoms with Crippen molar-refractivity contribution in [1.29, 1.82) is 5.26 Å². The molecule has 0 amide bonds. The van der Waals surface area contributed by atoms with Crippen molar-refractivity contribution >= 4 is 5.82 Å². The fourth-order valence-corrected chi connectivity index (χ4v) is 2.49. The molecule has 2 aromatic rings. The lowest BCUT2D eigenvalue weighted by molar-refractivity contribution is 0.336. The Labute approximate surface area is 132 Å². The first-order valence-electron chi connectivity index (χ1n) is 7.37. The Bertz CT molecular complexity index is 704. The van der Waals surface area contributed by atoms with Crippen LogP contribution in [0.3, 0.4) is 0 Å². The molecule has 0 saturated heterocycles. The quantitative estimate of drug-likeness (QED) is 0.845. The summed E-state index contributed by atoms with van der Waals surface area (Å²) in [4.78, 5) is 6.54. The van der Waals surface area contributed by atoms with Crippen molar-refractivity contribution in [2.24, 2.45) is 0 Å². The Morgan fingerprint density at radius 3 is 2.68 bits per heavy atom. The van der Waals surface area contributed by atoms with Crippen molar-refractivity contribution in [1.82, 2.24) is 4.98 Å². The molecular weight excluding hydrogens is 274 g/mol. The summed E-state index contributed by atoms with van der Waals surface area (Å²) in [6.07, 6.45) is 0. The predicted octanol–water partition coefficient (Wildman–Crippen LogP) is 3.61. The van der Waals surface area contributed by atoms with Gasteiger partial charge in [0.05, 0.1) is 12.2 Å². The van der Waals surface area contributed by atoms with Gasteiger partial charge in [0, 0.05) is 24.8 Å². The van der Waals surface area contributed by atoms with Crippen molar-refractivity contribution in [2.45, 2.75) is 27.3 Å². The minimum Gasteiger partial charge on any atom is -0.494 e. The van der Waals surface area contributed by atoms with Gasteiger partial charge in [-0.1, -0.05) is 18.2 Å². The molecule has 0 aliphatic rings. The molecule has 0 fully saturated rings. The number of hydrogen-bond donors (Lipinski definition) is 0. The minimum atomic E-state index is 0.627. The Hall–Kier alpha value is -2.54. The molecule has 114 valence electrons. The van der Waals surface area contributed by atoms with Crippen LogP contribution in [0, 0.1) is 25.2 Å². The number of aromatic nitrogens is 1. The maximum atomic E-state index is 9.40. The van der Waals surface area contributed by atoms with Crippen molar-refractivity contribution in [3.05, 3.63) is 52.7 Å². The largest absolute Gasteiger partial charge is 0.494 e. The molecule has 0 radical (unpaired) electrons. The molecule has 4 heteroatoms. The maximum absolute atomic E-state index is 9.40. The number of rotatable bonds is 5. The van der Waals surface area contributed by atoms with Gasteiger partial charge in [-0.25, -0.2) is 4.98 Å². The van der Waals surface area contributed by atoms with Crippen molar-refractivity contribution in [2.75, 3.05) is 18.6 Å². The smallest absolute Gasteiger partial charge is 0.147 e. The lowest BCUT2D eigenvalue weighted by Gasteiger charge is -2.22. The van der Waals surface area contributed by atoms with Crippen molar-refractivity contribution in [3.63, 3.8) is 0 Å². The first kappa shape index (κ1) is 15.8. The molecule has 22 heavy (non-hydrogen) atoms. The Kier molecular flexibility index (Phi) is 5.00. The topological polar surface area (TPSA) is 49.1 Å². The summed E-state index contributed by atoms with van der Waals surface area (Å²) in [5, 5.41) is 9.40. The van der Waals surface area contributed by atoms with E-state index in [2.05, 4.69) is 11.1 Å². The predicted molar refractivity (Wildman–Crippen MR) is 88.1 cm³/mol. The van der Waals surface area contributed by atoms with Gasteiger partial charge in [0.2, 0.25) is 0 Å². The van der Waals surface area contributed by atoms with Gasteiger partial charge in [-0.3, -0.25) is 0 Å². The van der Waals surface area contributed by atoms with Crippen LogP contribution >= 0.6 is 0 Å². The van der Waals surface area contributed by atoms with Crippen LogP contribution < -0.4 is 9.64 Å². The van der Waals surface area contributed by atoms with E-state index in [0.29, 0.717) is 24.5 Å². The molecule has 0 saturated carbocycles. The lowest BCUT2D eigenvalue weighted by atomic mass is 10.1. The molecule has 1 aromatic heterocycles. The van der Waals surface area contributed by atoms with Gasteiger partial charge in [0.15, 0.2) is 0 Å². The van der Waals surface area contributed by atoms with Gasteiger partial charge in [0.25, 0.3) is 0 Å². The zero-order valence-corrected chi connectivity index (χ0v) is 13.6. The molecule has 0 bridgehead atoms. The fourth-order valence-electron chi connectivity index (χ4n) is 2.49. The molecule has 1 heterocycles. The zero-order chi connectivity index (χ0) is 16.1. The van der Waals surface area contributed by atoms with E-state index < -0.39 is 0 Å². The van der Waals surface area contributed by atoms with Gasteiger partial charge < -0.3 is 9.64 Å². The first-order valence-corrected chi connectivity index (χ1v) is 7.37. The second kappa shape index (κ2) is 6.95. The van der Waals surface area contributed by atoms with Crippen LogP contribution in [-0.2, 0) is 6.54 Å². The third-order valence-corrected chi connectivity index (χ3v) is 3.48. The van der Waals surface area contributed by atoms with E-state index in [9.17, 15) is 5.26 Å². The SMILES string of the molecule is CCOc1ccccc1CN(C)c1nc(C)cc(C)c1C#N. The average Bonchev–Trinajstić information content (AvgIpc) is 2.48. The summed E-state index contributed by atoms with van der Waals surface area (Å²) in [7, 11) is 1.95. The highest BCUT2D eigenvalue weighted by Crippen LogP contribution is 2.25. The van der Waals surface area contributed by atoms with Crippen molar-refractivity contribution < 1.29 is 4.74 Å². The number of pyridine rings is 1. The van der Waals surface area contributed by atoms with Crippen LogP contribution in [0.5, 0.6) is 5.75 Å². The number of hydrogen-bond acceptors (Lipinski definition) is 4. The van der Waals surface area contributed by atoms with Gasteiger partial charge in [-0.15, -0.1) is 0 Å². The van der Waals surface area contributed by atoms with Crippen LogP contribution in [0.1, 0.15) is 29.3 Å². The molecule has 0 atom stereocenters. The zero-order valence-electron chi connectivity index (χ0n) is 13.6. The van der Waals surface area contributed by atoms with E-state index in [1.165, 1.54) is 0 Å². The Balaban J connectivity index is 2.34. The van der Waals surface area contributed by atoms with E-state index in [0.717, 1.165) is 22.6 Å². The minimum absolute atomic E-state index is 0.627. The summed E-state index contributed by atoms with van der Waals surface area (Å²) in [6.45, 7) is 7.13. The Morgan fingerprint density at radius 2 is 2.00 bits per heavy atom. The second-order valence-electron chi connectivity index (χ2n) is 5.29. The van der Waals surface area contributed by atoms with Gasteiger partial charge in [0.1, 0.15) is 17.6 Å². The summed E-state index contributed by atoms with van der Waals surface area (Å²) in [5.74, 6) is 1.59. The first-order chi connectivity index (χ1) is 10.6. The van der Waals surface area contributed by atoms with E-state index in [1.807, 2.05) is 63.1 Å². The van der Waals surface area contributed by atoms with E-state index in [1.54, 1.807) is 0 Å². The van der Waals surface area contributed by atoms with E-state index >= 15 is 0 Å². The molecule has 0 aliphatic heterocycles. The number of benzene rings is 1. The number of ether oxygens (including phenoxy) is 1. The van der Waals surface area contributed by atoms with Crippen LogP contribution in [0.15, 0.2) is 30.3 Å². The summed E-state index contributed by atoms with van der Waals surface area (Å²) >= 11 is 0. The number of para-hydroxylation sites is 1. The van der Waals surface area contributed by atoms with Crippen molar-refractivity contribution in [3.8, 4) is 11.8 Å². The molecule has 4 nitrogen and oxygen atoms in total.